The molecule has 0 saturated carbocycles. The molecule has 1 aromatic rings. The van der Waals surface area contributed by atoms with Crippen molar-refractivity contribution in [1.82, 2.24) is 4.90 Å². The molecule has 2 amide bonds. The summed E-state index contributed by atoms with van der Waals surface area (Å²) in [6.07, 6.45) is 6.59. The molecule has 1 aromatic carbocycles. The molecular formula is C18H23NO3. The summed E-state index contributed by atoms with van der Waals surface area (Å²) in [7, 11) is 0. The minimum Gasteiger partial charge on any atom is -0.439 e. The van der Waals surface area contributed by atoms with Crippen LogP contribution in [0.15, 0.2) is 42.5 Å². The van der Waals surface area contributed by atoms with Crippen LogP contribution in [0.2, 0.25) is 0 Å². The van der Waals surface area contributed by atoms with Crippen LogP contribution in [-0.2, 0) is 9.53 Å². The van der Waals surface area contributed by atoms with Crippen molar-refractivity contribution in [3.8, 4) is 0 Å². The highest BCUT2D eigenvalue weighted by Gasteiger charge is 2.42. The number of ether oxygens (including phenoxy) is 1. The summed E-state index contributed by atoms with van der Waals surface area (Å²) in [6.45, 7) is 3.98. The molecule has 0 aromatic heterocycles. The first kappa shape index (κ1) is 16.3. The van der Waals surface area contributed by atoms with Crippen LogP contribution in [0.5, 0.6) is 0 Å². The quantitative estimate of drug-likeness (QED) is 0.583. The maximum atomic E-state index is 12.2. The van der Waals surface area contributed by atoms with Crippen LogP contribution in [0.25, 0.3) is 0 Å². The third-order valence-electron chi connectivity index (χ3n) is 3.87. The number of carbonyl (C=O) groups is 2. The van der Waals surface area contributed by atoms with E-state index in [0.29, 0.717) is 0 Å². The van der Waals surface area contributed by atoms with Crippen LogP contribution in [0.3, 0.4) is 0 Å². The molecule has 0 aliphatic carbocycles. The van der Waals surface area contributed by atoms with Crippen molar-refractivity contribution in [1.29, 1.82) is 0 Å². The van der Waals surface area contributed by atoms with Gasteiger partial charge in [-0.25, -0.2) is 9.69 Å². The molecule has 0 radical (unpaired) electrons. The number of cyclic esters (lactones) is 1. The van der Waals surface area contributed by atoms with Crippen molar-refractivity contribution in [2.24, 2.45) is 0 Å². The summed E-state index contributed by atoms with van der Waals surface area (Å²) in [5.74, 6) is -0.299. The van der Waals surface area contributed by atoms with Gasteiger partial charge in [-0.3, -0.25) is 4.79 Å². The van der Waals surface area contributed by atoms with E-state index in [2.05, 4.69) is 6.92 Å². The van der Waals surface area contributed by atoms with Crippen LogP contribution in [0.1, 0.15) is 51.2 Å². The lowest BCUT2D eigenvalue weighted by molar-refractivity contribution is -0.124. The maximum Gasteiger partial charge on any atom is 0.417 e. The first-order chi connectivity index (χ1) is 10.6. The molecule has 2 rings (SSSR count). The highest BCUT2D eigenvalue weighted by atomic mass is 16.6. The predicted molar refractivity (Wildman–Crippen MR) is 85.3 cm³/mol. The number of hydrogen-bond acceptors (Lipinski definition) is 3. The molecule has 1 aliphatic heterocycles. The van der Waals surface area contributed by atoms with Gasteiger partial charge in [0.2, 0.25) is 0 Å². The van der Waals surface area contributed by atoms with Crippen molar-refractivity contribution in [3.63, 3.8) is 0 Å². The second-order valence-electron chi connectivity index (χ2n) is 5.56. The zero-order valence-electron chi connectivity index (χ0n) is 13.2. The molecule has 4 nitrogen and oxygen atoms in total. The number of amides is 2. The number of allylic oxidation sites excluding steroid dienone is 1. The third kappa shape index (κ3) is 3.75. The molecule has 2 atom stereocenters. The maximum absolute atomic E-state index is 12.2. The Bertz CT molecular complexity index is 539. The zero-order valence-corrected chi connectivity index (χ0v) is 13.2. The van der Waals surface area contributed by atoms with Crippen LogP contribution in [-0.4, -0.2) is 22.9 Å². The van der Waals surface area contributed by atoms with E-state index in [1.165, 1.54) is 11.0 Å². The van der Waals surface area contributed by atoms with Gasteiger partial charge in [0.25, 0.3) is 5.91 Å². The first-order valence-electron chi connectivity index (χ1n) is 7.90. The zero-order chi connectivity index (χ0) is 15.9. The average Bonchev–Trinajstić information content (AvgIpc) is 2.82. The summed E-state index contributed by atoms with van der Waals surface area (Å²) in [4.78, 5) is 25.4. The Morgan fingerprint density at radius 2 is 2.00 bits per heavy atom. The summed E-state index contributed by atoms with van der Waals surface area (Å²) < 4.78 is 5.37. The van der Waals surface area contributed by atoms with E-state index >= 15 is 0 Å². The van der Waals surface area contributed by atoms with E-state index in [4.69, 9.17) is 4.74 Å². The molecule has 1 fully saturated rings. The molecule has 1 aliphatic rings. The second kappa shape index (κ2) is 7.78. The Morgan fingerprint density at radius 1 is 1.27 bits per heavy atom. The highest BCUT2D eigenvalue weighted by Crippen LogP contribution is 2.32. The number of unbranched alkanes of at least 4 members (excludes halogenated alkanes) is 3. The van der Waals surface area contributed by atoms with Gasteiger partial charge in [-0.15, -0.1) is 0 Å². The Kier molecular flexibility index (Phi) is 5.75. The molecular weight excluding hydrogens is 278 g/mol. The average molecular weight is 301 g/mol. The Morgan fingerprint density at radius 3 is 2.68 bits per heavy atom. The van der Waals surface area contributed by atoms with Gasteiger partial charge >= 0.3 is 6.09 Å². The largest absolute Gasteiger partial charge is 0.439 e. The molecule has 4 heteroatoms. The van der Waals surface area contributed by atoms with Gasteiger partial charge in [0, 0.05) is 0 Å². The van der Waals surface area contributed by atoms with Gasteiger partial charge in [0.1, 0.15) is 6.10 Å². The van der Waals surface area contributed by atoms with Crippen molar-refractivity contribution in [3.05, 3.63) is 48.0 Å². The fourth-order valence-electron chi connectivity index (χ4n) is 2.62. The lowest BCUT2D eigenvalue weighted by atomic mass is 10.0. The molecule has 1 saturated heterocycles. The van der Waals surface area contributed by atoms with E-state index in [1.54, 1.807) is 0 Å². The number of benzene rings is 1. The summed E-state index contributed by atoms with van der Waals surface area (Å²) >= 11 is 0. The van der Waals surface area contributed by atoms with Crippen molar-refractivity contribution < 1.29 is 14.3 Å². The van der Waals surface area contributed by atoms with Crippen molar-refractivity contribution >= 4 is 12.0 Å². The highest BCUT2D eigenvalue weighted by molar-refractivity contribution is 6.00. The van der Waals surface area contributed by atoms with Crippen molar-refractivity contribution in [2.75, 3.05) is 0 Å². The molecule has 0 bridgehead atoms. The molecule has 22 heavy (non-hydrogen) atoms. The van der Waals surface area contributed by atoms with Crippen LogP contribution >= 0.6 is 0 Å². The van der Waals surface area contributed by atoms with Gasteiger partial charge in [-0.05, 0) is 31.4 Å². The second-order valence-corrected chi connectivity index (χ2v) is 5.56. The summed E-state index contributed by atoms with van der Waals surface area (Å²) in [5.41, 5.74) is 0.908. The number of carbonyl (C=O) groups excluding carboxylic acids is 2. The topological polar surface area (TPSA) is 46.6 Å². The Hall–Kier alpha value is -2.10. The third-order valence-corrected chi connectivity index (χ3v) is 3.87. The van der Waals surface area contributed by atoms with Crippen LogP contribution in [0, 0.1) is 0 Å². The smallest absolute Gasteiger partial charge is 0.417 e. The van der Waals surface area contributed by atoms with E-state index in [9.17, 15) is 9.59 Å². The lowest BCUT2D eigenvalue weighted by Crippen LogP contribution is -2.36. The van der Waals surface area contributed by atoms with E-state index < -0.39 is 12.2 Å². The number of rotatable bonds is 6. The van der Waals surface area contributed by atoms with E-state index in [-0.39, 0.29) is 11.9 Å². The summed E-state index contributed by atoms with van der Waals surface area (Å²) in [6, 6.07) is 9.21. The molecule has 0 unspecified atom stereocenters. The predicted octanol–water partition coefficient (Wildman–Crippen LogP) is 4.23. The number of imide groups is 1. The van der Waals surface area contributed by atoms with Gasteiger partial charge in [0.05, 0.1) is 6.04 Å². The normalized spacial score (nSPS) is 21.4. The van der Waals surface area contributed by atoms with E-state index in [0.717, 1.165) is 31.2 Å². The van der Waals surface area contributed by atoms with Gasteiger partial charge < -0.3 is 4.74 Å². The minimum absolute atomic E-state index is 0.299. The lowest BCUT2D eigenvalue weighted by Gasteiger charge is -2.17. The monoisotopic (exact) mass is 301 g/mol. The SMILES string of the molecule is CCCCC/C=C/C(=O)N1C(=O)O[C@@H](c2ccccc2)[C@@H]1C. The van der Waals surface area contributed by atoms with Crippen LogP contribution < -0.4 is 0 Å². The molecule has 0 N–H and O–H groups in total. The fraction of sp³-hybridized carbons (Fsp3) is 0.444. The van der Waals surface area contributed by atoms with Gasteiger partial charge in [0.15, 0.2) is 0 Å². The Balaban J connectivity index is 1.99. The van der Waals surface area contributed by atoms with Gasteiger partial charge in [-0.1, -0.05) is 56.2 Å². The Labute approximate surface area is 131 Å². The molecule has 118 valence electrons. The molecule has 0 spiro atoms. The number of hydrogen-bond donors (Lipinski definition) is 0. The van der Waals surface area contributed by atoms with Crippen LogP contribution in [0.4, 0.5) is 4.79 Å². The fourth-order valence-corrected chi connectivity index (χ4v) is 2.62. The van der Waals surface area contributed by atoms with Gasteiger partial charge in [-0.2, -0.15) is 0 Å². The molecule has 1 heterocycles. The van der Waals surface area contributed by atoms with Crippen molar-refractivity contribution in [2.45, 2.75) is 51.7 Å². The standard InChI is InChI=1S/C18H23NO3/c1-3-4-5-6-10-13-16(20)19-14(2)17(22-18(19)21)15-11-8-7-9-12-15/h7-14,17H,3-6H2,1-2H3/b13-10+/t14-,17+/m0/s1. The van der Waals surface area contributed by atoms with E-state index in [1.807, 2.05) is 43.3 Å². The number of nitrogens with zero attached hydrogens (tertiary/aromatic N) is 1. The summed E-state index contributed by atoms with van der Waals surface area (Å²) in [5, 5.41) is 0. The minimum atomic E-state index is -0.565. The first-order valence-corrected chi connectivity index (χ1v) is 7.90.